The topological polar surface area (TPSA) is 108 Å². The van der Waals surface area contributed by atoms with Crippen molar-refractivity contribution in [2.24, 2.45) is 16.8 Å². The molecule has 104 valence electrons. The summed E-state index contributed by atoms with van der Waals surface area (Å²) in [5, 5.41) is 11.7. The predicted octanol–water partition coefficient (Wildman–Crippen LogP) is -0.168. The maximum atomic E-state index is 12.1. The van der Waals surface area contributed by atoms with Crippen LogP contribution in [0.15, 0.2) is 5.16 Å². The minimum absolute atomic E-state index is 0.113. The molecule has 1 saturated carbocycles. The van der Waals surface area contributed by atoms with E-state index in [1.54, 1.807) is 0 Å². The summed E-state index contributed by atoms with van der Waals surface area (Å²) in [5.74, 6) is -0.0889. The number of oxime groups is 1. The zero-order valence-electron chi connectivity index (χ0n) is 10.2. The molecule has 0 bridgehead atoms. The quantitative estimate of drug-likeness (QED) is 0.287. The second kappa shape index (κ2) is 5.41. The van der Waals surface area contributed by atoms with Crippen LogP contribution >= 0.6 is 0 Å². The molecular weight excluding hydrogens is 256 g/mol. The van der Waals surface area contributed by atoms with Crippen molar-refractivity contribution in [3.63, 3.8) is 0 Å². The van der Waals surface area contributed by atoms with Gasteiger partial charge in [-0.1, -0.05) is 11.6 Å². The molecule has 2 aliphatic rings. The molecule has 1 heterocycles. The molecule has 1 saturated heterocycles. The summed E-state index contributed by atoms with van der Waals surface area (Å²) in [7, 11) is -3.43. The Kier molecular flexibility index (Phi) is 4.08. The number of nitrogens with one attached hydrogen (secondary N) is 1. The van der Waals surface area contributed by atoms with Crippen LogP contribution in [-0.4, -0.2) is 42.9 Å². The Hall–Kier alpha value is -0.860. The Morgan fingerprint density at radius 2 is 1.94 bits per heavy atom. The van der Waals surface area contributed by atoms with E-state index in [9.17, 15) is 8.42 Å². The van der Waals surface area contributed by atoms with Crippen molar-refractivity contribution in [3.8, 4) is 0 Å². The van der Waals surface area contributed by atoms with Gasteiger partial charge in [0, 0.05) is 25.0 Å². The highest BCUT2D eigenvalue weighted by Gasteiger charge is 2.36. The second-order valence-corrected chi connectivity index (χ2v) is 6.60. The van der Waals surface area contributed by atoms with Crippen LogP contribution in [0.25, 0.3) is 0 Å². The lowest BCUT2D eigenvalue weighted by atomic mass is 10.0. The summed E-state index contributed by atoms with van der Waals surface area (Å²) < 4.78 is 28.4. The van der Waals surface area contributed by atoms with Crippen molar-refractivity contribution < 1.29 is 13.6 Å². The summed E-state index contributed by atoms with van der Waals surface area (Å²) in [5.41, 5.74) is 5.59. The van der Waals surface area contributed by atoms with Crippen LogP contribution in [0.1, 0.15) is 32.1 Å². The Bertz CT molecular complexity index is 417. The summed E-state index contributed by atoms with van der Waals surface area (Å²) in [6.07, 6.45) is 4.19. The van der Waals surface area contributed by atoms with Crippen LogP contribution in [0.2, 0.25) is 0 Å². The molecule has 0 spiro atoms. The van der Waals surface area contributed by atoms with Gasteiger partial charge in [-0.15, -0.1) is 0 Å². The van der Waals surface area contributed by atoms with Gasteiger partial charge in [0.05, 0.1) is 0 Å². The maximum absolute atomic E-state index is 12.1. The van der Waals surface area contributed by atoms with Crippen molar-refractivity contribution in [2.45, 2.75) is 38.1 Å². The average molecular weight is 276 g/mol. The normalized spacial score (nSPS) is 31.0. The lowest BCUT2D eigenvalue weighted by Crippen LogP contribution is -2.47. The molecule has 0 radical (unpaired) electrons. The van der Waals surface area contributed by atoms with E-state index in [0.717, 1.165) is 32.1 Å². The summed E-state index contributed by atoms with van der Waals surface area (Å²) in [4.78, 5) is 0. The van der Waals surface area contributed by atoms with Gasteiger partial charge in [0.1, 0.15) is 5.84 Å². The van der Waals surface area contributed by atoms with E-state index in [1.165, 1.54) is 4.31 Å². The molecule has 2 unspecified atom stereocenters. The lowest BCUT2D eigenvalue weighted by Gasteiger charge is -2.23. The largest absolute Gasteiger partial charge is 0.409 e. The molecule has 0 aromatic rings. The number of hydrogen-bond acceptors (Lipinski definition) is 4. The Balaban J connectivity index is 2.04. The van der Waals surface area contributed by atoms with Crippen LogP contribution in [0.5, 0.6) is 0 Å². The van der Waals surface area contributed by atoms with Gasteiger partial charge < -0.3 is 10.9 Å². The smallest absolute Gasteiger partial charge is 0.279 e. The molecule has 18 heavy (non-hydrogen) atoms. The zero-order valence-corrected chi connectivity index (χ0v) is 11.1. The molecule has 8 heteroatoms. The van der Waals surface area contributed by atoms with E-state index in [2.05, 4.69) is 9.88 Å². The van der Waals surface area contributed by atoms with Gasteiger partial charge in [-0.2, -0.15) is 17.4 Å². The fraction of sp³-hybridized carbons (Fsp3) is 0.900. The number of rotatable bonds is 4. The minimum atomic E-state index is -3.43. The molecule has 7 nitrogen and oxygen atoms in total. The van der Waals surface area contributed by atoms with Crippen molar-refractivity contribution in [1.29, 1.82) is 0 Å². The highest BCUT2D eigenvalue weighted by Crippen LogP contribution is 2.27. The van der Waals surface area contributed by atoms with Gasteiger partial charge in [-0.05, 0) is 25.7 Å². The van der Waals surface area contributed by atoms with Crippen LogP contribution in [0.4, 0.5) is 0 Å². The Labute approximate surface area is 107 Å². The number of nitrogens with two attached hydrogens (primary N) is 1. The van der Waals surface area contributed by atoms with Crippen LogP contribution in [0, 0.1) is 5.92 Å². The van der Waals surface area contributed by atoms with Crippen molar-refractivity contribution in [3.05, 3.63) is 0 Å². The molecule has 2 atom stereocenters. The minimum Gasteiger partial charge on any atom is -0.409 e. The van der Waals surface area contributed by atoms with Crippen molar-refractivity contribution in [2.75, 3.05) is 13.1 Å². The van der Waals surface area contributed by atoms with Gasteiger partial charge in [0.25, 0.3) is 10.2 Å². The summed E-state index contributed by atoms with van der Waals surface area (Å²) in [6, 6.07) is -0.258. The number of nitrogens with zero attached hydrogens (tertiary/aromatic N) is 2. The van der Waals surface area contributed by atoms with Crippen molar-refractivity contribution in [1.82, 2.24) is 9.03 Å². The van der Waals surface area contributed by atoms with E-state index in [-0.39, 0.29) is 17.8 Å². The molecule has 0 aromatic heterocycles. The molecule has 2 fully saturated rings. The van der Waals surface area contributed by atoms with Crippen LogP contribution in [0.3, 0.4) is 0 Å². The average Bonchev–Trinajstić information content (AvgIpc) is 2.97. The van der Waals surface area contributed by atoms with E-state index in [4.69, 9.17) is 10.9 Å². The first kappa shape index (κ1) is 13.6. The summed E-state index contributed by atoms with van der Waals surface area (Å²) >= 11 is 0. The van der Waals surface area contributed by atoms with E-state index < -0.39 is 10.2 Å². The first-order valence-electron chi connectivity index (χ1n) is 6.29. The third kappa shape index (κ3) is 2.76. The van der Waals surface area contributed by atoms with E-state index >= 15 is 0 Å². The van der Waals surface area contributed by atoms with Gasteiger partial charge >= 0.3 is 0 Å². The Morgan fingerprint density at radius 1 is 1.28 bits per heavy atom. The lowest BCUT2D eigenvalue weighted by molar-refractivity contribution is 0.312. The predicted molar refractivity (Wildman–Crippen MR) is 67.4 cm³/mol. The maximum Gasteiger partial charge on any atom is 0.279 e. The SMILES string of the molecule is NC(=NO)C1CCCC1NS(=O)(=O)N1CCCC1. The summed E-state index contributed by atoms with van der Waals surface area (Å²) in [6.45, 7) is 1.16. The third-order valence-corrected chi connectivity index (χ3v) is 5.36. The van der Waals surface area contributed by atoms with Crippen molar-refractivity contribution >= 4 is 16.0 Å². The molecule has 4 N–H and O–H groups in total. The van der Waals surface area contributed by atoms with Gasteiger partial charge in [-0.25, -0.2) is 0 Å². The van der Waals surface area contributed by atoms with E-state index in [1.807, 2.05) is 0 Å². The molecule has 2 rings (SSSR count). The van der Waals surface area contributed by atoms with Crippen LogP contribution in [-0.2, 0) is 10.2 Å². The molecule has 1 aliphatic heterocycles. The highest BCUT2D eigenvalue weighted by atomic mass is 32.2. The molecule has 1 aliphatic carbocycles. The van der Waals surface area contributed by atoms with E-state index in [0.29, 0.717) is 13.1 Å². The van der Waals surface area contributed by atoms with Gasteiger partial charge in [0.15, 0.2) is 0 Å². The van der Waals surface area contributed by atoms with Crippen LogP contribution < -0.4 is 10.5 Å². The van der Waals surface area contributed by atoms with Gasteiger partial charge in [-0.3, -0.25) is 0 Å². The number of amidine groups is 1. The third-order valence-electron chi connectivity index (χ3n) is 3.72. The number of hydrogen-bond donors (Lipinski definition) is 3. The molecule has 0 aromatic carbocycles. The second-order valence-electron chi connectivity index (χ2n) is 4.90. The standard InChI is InChI=1S/C10H20N4O3S/c11-10(12-15)8-4-3-5-9(8)13-18(16,17)14-6-1-2-7-14/h8-9,13,15H,1-7H2,(H2,11,12). The first-order chi connectivity index (χ1) is 8.54. The van der Waals surface area contributed by atoms with Gasteiger partial charge in [0.2, 0.25) is 0 Å². The fourth-order valence-corrected chi connectivity index (χ4v) is 4.28. The zero-order chi connectivity index (χ0) is 13.2. The highest BCUT2D eigenvalue weighted by molar-refractivity contribution is 7.87. The fourth-order valence-electron chi connectivity index (χ4n) is 2.72. The monoisotopic (exact) mass is 276 g/mol. The molecule has 0 amide bonds. The first-order valence-corrected chi connectivity index (χ1v) is 7.73. The molecular formula is C10H20N4O3S. The Morgan fingerprint density at radius 3 is 2.56 bits per heavy atom.